The van der Waals surface area contributed by atoms with E-state index in [1.54, 1.807) is 0 Å². The second-order valence-electron chi connectivity index (χ2n) is 10.7. The average molecular weight is 486 g/mol. The number of para-hydroxylation sites is 1. The van der Waals surface area contributed by atoms with Gasteiger partial charge in [0.1, 0.15) is 5.75 Å². The van der Waals surface area contributed by atoms with E-state index in [0.29, 0.717) is 0 Å². The van der Waals surface area contributed by atoms with Gasteiger partial charge in [0.2, 0.25) is 0 Å². The molecule has 1 aliphatic heterocycles. The van der Waals surface area contributed by atoms with Gasteiger partial charge in [0.15, 0.2) is 5.96 Å². The van der Waals surface area contributed by atoms with Gasteiger partial charge in [-0.3, -0.25) is 5.41 Å². The molecule has 0 unspecified atom stereocenters. The first-order valence-corrected chi connectivity index (χ1v) is 14.4. The van der Waals surface area contributed by atoms with Crippen LogP contribution in [-0.2, 0) is 0 Å². The second kappa shape index (κ2) is 16.8. The molecule has 0 bridgehead atoms. The highest BCUT2D eigenvalue weighted by Crippen LogP contribution is 2.24. The molecule has 0 atom stereocenters. The minimum atomic E-state index is 0.268. The van der Waals surface area contributed by atoms with Gasteiger partial charge in [0.25, 0.3) is 0 Å². The zero-order valence-corrected chi connectivity index (χ0v) is 22.1. The molecule has 6 nitrogen and oxygen atoms in total. The third-order valence-electron chi connectivity index (χ3n) is 7.79. The molecule has 1 aromatic carbocycles. The van der Waals surface area contributed by atoms with E-state index in [0.717, 1.165) is 44.2 Å². The molecule has 1 saturated carbocycles. The lowest BCUT2D eigenvalue weighted by molar-refractivity contribution is 0.128. The van der Waals surface area contributed by atoms with Crippen molar-refractivity contribution in [1.29, 1.82) is 5.41 Å². The predicted octanol–water partition coefficient (Wildman–Crippen LogP) is 5.19. The molecule has 1 heterocycles. The van der Waals surface area contributed by atoms with E-state index >= 15 is 0 Å². The summed E-state index contributed by atoms with van der Waals surface area (Å²) in [4.78, 5) is 7.41. The lowest BCUT2D eigenvalue weighted by atomic mass is 9.89. The topological polar surface area (TPSA) is 68.8 Å². The SMILES string of the molecule is N=C(N)N(CCCCN1CCN(CCCCCCCOc2ccccc2)CC1)CC1CCCCC1. The molecular weight excluding hydrogens is 434 g/mol. The summed E-state index contributed by atoms with van der Waals surface area (Å²) in [6, 6.07) is 10.1. The number of benzene rings is 1. The van der Waals surface area contributed by atoms with Crippen LogP contribution in [0, 0.1) is 11.3 Å². The van der Waals surface area contributed by atoms with Crippen LogP contribution in [0.5, 0.6) is 5.75 Å². The Labute approximate surface area is 214 Å². The first-order valence-electron chi connectivity index (χ1n) is 14.4. The summed E-state index contributed by atoms with van der Waals surface area (Å²) in [5.74, 6) is 2.00. The van der Waals surface area contributed by atoms with Gasteiger partial charge in [-0.15, -0.1) is 0 Å². The molecule has 6 heteroatoms. The van der Waals surface area contributed by atoms with E-state index in [-0.39, 0.29) is 5.96 Å². The lowest BCUT2D eigenvalue weighted by Gasteiger charge is -2.35. The molecule has 0 aromatic heterocycles. The van der Waals surface area contributed by atoms with Crippen molar-refractivity contribution in [3.8, 4) is 5.75 Å². The second-order valence-corrected chi connectivity index (χ2v) is 10.7. The first-order chi connectivity index (χ1) is 17.2. The van der Waals surface area contributed by atoms with Crippen molar-refractivity contribution in [2.75, 3.05) is 59.0 Å². The van der Waals surface area contributed by atoms with E-state index in [1.165, 1.54) is 103 Å². The van der Waals surface area contributed by atoms with Crippen molar-refractivity contribution in [2.45, 2.75) is 77.0 Å². The summed E-state index contributed by atoms with van der Waals surface area (Å²) in [6.07, 6.45) is 15.5. The molecule has 3 rings (SSSR count). The van der Waals surface area contributed by atoms with E-state index in [2.05, 4.69) is 14.7 Å². The smallest absolute Gasteiger partial charge is 0.188 e. The van der Waals surface area contributed by atoms with E-state index in [1.807, 2.05) is 30.3 Å². The number of ether oxygens (including phenoxy) is 1. The van der Waals surface area contributed by atoms with Gasteiger partial charge in [-0.05, 0) is 69.7 Å². The molecule has 3 N–H and O–H groups in total. The van der Waals surface area contributed by atoms with E-state index in [4.69, 9.17) is 15.9 Å². The van der Waals surface area contributed by atoms with Crippen molar-refractivity contribution >= 4 is 5.96 Å². The highest BCUT2D eigenvalue weighted by atomic mass is 16.5. The Morgan fingerprint density at radius 3 is 2.09 bits per heavy atom. The molecule has 1 aliphatic carbocycles. The Balaban J connectivity index is 1.13. The summed E-state index contributed by atoms with van der Waals surface area (Å²) >= 11 is 0. The van der Waals surface area contributed by atoms with Crippen LogP contribution in [0.15, 0.2) is 30.3 Å². The predicted molar refractivity (Wildman–Crippen MR) is 147 cm³/mol. The van der Waals surface area contributed by atoms with Gasteiger partial charge < -0.3 is 25.2 Å². The zero-order valence-electron chi connectivity index (χ0n) is 22.1. The van der Waals surface area contributed by atoms with Crippen molar-refractivity contribution in [3.63, 3.8) is 0 Å². The lowest BCUT2D eigenvalue weighted by Crippen LogP contribution is -2.47. The van der Waals surface area contributed by atoms with Crippen molar-refractivity contribution < 1.29 is 4.74 Å². The zero-order chi connectivity index (χ0) is 24.6. The number of unbranched alkanes of at least 4 members (excludes halogenated alkanes) is 5. The van der Waals surface area contributed by atoms with Crippen LogP contribution in [0.4, 0.5) is 0 Å². The van der Waals surface area contributed by atoms with Crippen LogP contribution in [0.1, 0.15) is 77.0 Å². The number of guanidine groups is 1. The number of nitrogens with zero attached hydrogens (tertiary/aromatic N) is 3. The Hall–Kier alpha value is -1.79. The Bertz CT molecular complexity index is 671. The van der Waals surface area contributed by atoms with Gasteiger partial charge in [0, 0.05) is 39.3 Å². The van der Waals surface area contributed by atoms with Crippen molar-refractivity contribution in [1.82, 2.24) is 14.7 Å². The average Bonchev–Trinajstić information content (AvgIpc) is 2.89. The number of hydrogen-bond acceptors (Lipinski definition) is 4. The van der Waals surface area contributed by atoms with Crippen molar-refractivity contribution in [3.05, 3.63) is 30.3 Å². The largest absolute Gasteiger partial charge is 0.494 e. The Morgan fingerprint density at radius 1 is 0.829 bits per heavy atom. The summed E-state index contributed by atoms with van der Waals surface area (Å²) < 4.78 is 5.78. The highest BCUT2D eigenvalue weighted by molar-refractivity contribution is 5.74. The van der Waals surface area contributed by atoms with Crippen LogP contribution in [-0.4, -0.2) is 79.6 Å². The van der Waals surface area contributed by atoms with Crippen LogP contribution >= 0.6 is 0 Å². The standard InChI is InChI=1S/C29H51N5O/c30-29(31)34(26-27-14-6-4-7-15-27)20-12-11-19-33-23-21-32(22-24-33)18-10-2-1-3-13-25-35-28-16-8-5-9-17-28/h5,8-9,16-17,27H,1-4,6-7,10-15,18-26H2,(H3,30,31). The maximum Gasteiger partial charge on any atom is 0.188 e. The summed E-state index contributed by atoms with van der Waals surface area (Å²) in [7, 11) is 0. The number of rotatable bonds is 16. The van der Waals surface area contributed by atoms with Crippen molar-refractivity contribution in [2.24, 2.45) is 11.7 Å². The molecule has 35 heavy (non-hydrogen) atoms. The molecule has 198 valence electrons. The number of piperazine rings is 1. The van der Waals surface area contributed by atoms with Gasteiger partial charge >= 0.3 is 0 Å². The molecule has 0 spiro atoms. The minimum Gasteiger partial charge on any atom is -0.494 e. The monoisotopic (exact) mass is 485 g/mol. The van der Waals surface area contributed by atoms with E-state index in [9.17, 15) is 0 Å². The third kappa shape index (κ3) is 11.7. The summed E-state index contributed by atoms with van der Waals surface area (Å²) in [6.45, 7) is 10.1. The molecule has 1 saturated heterocycles. The fourth-order valence-corrected chi connectivity index (χ4v) is 5.54. The summed E-state index contributed by atoms with van der Waals surface area (Å²) in [5, 5.41) is 7.95. The maximum atomic E-state index is 7.95. The third-order valence-corrected chi connectivity index (χ3v) is 7.79. The molecule has 2 fully saturated rings. The van der Waals surface area contributed by atoms with Gasteiger partial charge in [-0.25, -0.2) is 0 Å². The highest BCUT2D eigenvalue weighted by Gasteiger charge is 2.19. The van der Waals surface area contributed by atoms with Crippen LogP contribution in [0.25, 0.3) is 0 Å². The molecule has 0 radical (unpaired) electrons. The maximum absolute atomic E-state index is 7.95. The molecule has 1 aromatic rings. The molecule has 0 amide bonds. The van der Waals surface area contributed by atoms with Crippen LogP contribution in [0.2, 0.25) is 0 Å². The van der Waals surface area contributed by atoms with Crippen LogP contribution < -0.4 is 10.5 Å². The number of nitrogens with two attached hydrogens (primary N) is 1. The number of nitrogens with one attached hydrogen (secondary N) is 1. The number of hydrogen-bond donors (Lipinski definition) is 2. The first kappa shape index (κ1) is 27.8. The Morgan fingerprint density at radius 2 is 1.43 bits per heavy atom. The summed E-state index contributed by atoms with van der Waals surface area (Å²) in [5.41, 5.74) is 5.88. The van der Waals surface area contributed by atoms with Gasteiger partial charge in [-0.1, -0.05) is 56.7 Å². The van der Waals surface area contributed by atoms with Gasteiger partial charge in [0.05, 0.1) is 6.61 Å². The minimum absolute atomic E-state index is 0.268. The molecule has 2 aliphatic rings. The Kier molecular flexibility index (Phi) is 13.3. The normalized spacial score (nSPS) is 17.9. The van der Waals surface area contributed by atoms with Crippen LogP contribution in [0.3, 0.4) is 0 Å². The van der Waals surface area contributed by atoms with Gasteiger partial charge in [-0.2, -0.15) is 0 Å². The van der Waals surface area contributed by atoms with E-state index < -0.39 is 0 Å². The quantitative estimate of drug-likeness (QED) is 0.192. The fourth-order valence-electron chi connectivity index (χ4n) is 5.54. The molecular formula is C29H51N5O. The fraction of sp³-hybridized carbons (Fsp3) is 0.759.